The number of hydrogen-bond donors (Lipinski definition) is 3. The van der Waals surface area contributed by atoms with Gasteiger partial charge in [-0.1, -0.05) is 44.1 Å². The van der Waals surface area contributed by atoms with Crippen LogP contribution in [0, 0.1) is 5.41 Å². The predicted molar refractivity (Wildman–Crippen MR) is 82.7 cm³/mol. The molecule has 0 saturated heterocycles. The largest absolute Gasteiger partial charge is 0.481 e. The van der Waals surface area contributed by atoms with Gasteiger partial charge in [-0.15, -0.1) is 0 Å². The van der Waals surface area contributed by atoms with Gasteiger partial charge in [0.15, 0.2) is 0 Å². The molecule has 0 aromatic heterocycles. The number of allylic oxidation sites excluding steroid dienone is 3. The van der Waals surface area contributed by atoms with Gasteiger partial charge in [-0.2, -0.15) is 0 Å². The zero-order chi connectivity index (χ0) is 16.3. The van der Waals surface area contributed by atoms with E-state index in [1.165, 1.54) is 44.4 Å². The monoisotopic (exact) mass is 295 g/mol. The second-order valence-corrected chi connectivity index (χ2v) is 5.18. The molecule has 0 heterocycles. The molecule has 0 aliphatic heterocycles. The molecule has 0 spiro atoms. The van der Waals surface area contributed by atoms with Crippen molar-refractivity contribution in [3.8, 4) is 0 Å². The molecule has 21 heavy (non-hydrogen) atoms. The molecular weight excluding hydrogens is 270 g/mol. The third-order valence-electron chi connectivity index (χ3n) is 3.19. The van der Waals surface area contributed by atoms with Crippen molar-refractivity contribution < 1.29 is 19.8 Å². The maximum Gasteiger partial charge on any atom is 0.331 e. The minimum Gasteiger partial charge on any atom is -0.481 e. The molecule has 0 saturated carbocycles. The van der Waals surface area contributed by atoms with E-state index in [1.807, 2.05) is 6.08 Å². The van der Waals surface area contributed by atoms with E-state index in [0.717, 1.165) is 6.42 Å². The van der Waals surface area contributed by atoms with Crippen LogP contribution in [-0.4, -0.2) is 22.2 Å². The molecule has 0 fully saturated rings. The summed E-state index contributed by atoms with van der Waals surface area (Å²) in [7, 11) is 0. The van der Waals surface area contributed by atoms with Crippen LogP contribution in [0.4, 0.5) is 0 Å². The fourth-order valence-electron chi connectivity index (χ4n) is 1.79. The summed E-state index contributed by atoms with van der Waals surface area (Å²) in [5.74, 6) is -2.06. The second kappa shape index (κ2) is 9.80. The molecule has 0 aromatic carbocycles. The summed E-state index contributed by atoms with van der Waals surface area (Å²) in [6, 6.07) is 0. The Kier molecular flexibility index (Phi) is 8.85. The number of rotatable bonds is 6. The molecule has 5 heteroatoms. The van der Waals surface area contributed by atoms with Crippen molar-refractivity contribution in [1.29, 1.82) is 0 Å². The first-order valence-corrected chi connectivity index (χ1v) is 7.09. The number of nitrogens with two attached hydrogens (primary N) is 1. The fourth-order valence-corrected chi connectivity index (χ4v) is 1.79. The number of carbonyl (C=O) groups is 2. The highest BCUT2D eigenvalue weighted by atomic mass is 16.4. The molecule has 0 bridgehead atoms. The Morgan fingerprint density at radius 3 is 2.52 bits per heavy atom. The molecule has 1 aliphatic rings. The molecule has 0 aromatic rings. The van der Waals surface area contributed by atoms with Gasteiger partial charge in [0.1, 0.15) is 0 Å². The molecule has 1 rings (SSSR count). The van der Waals surface area contributed by atoms with Gasteiger partial charge in [0.2, 0.25) is 0 Å². The highest BCUT2D eigenvalue weighted by Gasteiger charge is 2.34. The van der Waals surface area contributed by atoms with E-state index in [0.29, 0.717) is 0 Å². The Balaban J connectivity index is 0.000000433. The third kappa shape index (κ3) is 7.34. The molecule has 1 atom stereocenters. The highest BCUT2D eigenvalue weighted by Crippen LogP contribution is 2.31. The standard InChI is InChI=1S/C9H10O4.C7H15N/c1-9(8(12)13)4-2-3-6(5-9)7(10)11;1-2-3-4-5-6-7-8/h2-4H,5H2,1H3,(H,10,11)(H,12,13);6-7H,2-5,8H2,1H3. The number of unbranched alkanes of at least 4 members (excludes halogenated alkanes) is 3. The first-order valence-electron chi connectivity index (χ1n) is 7.09. The lowest BCUT2D eigenvalue weighted by Gasteiger charge is -2.23. The summed E-state index contributed by atoms with van der Waals surface area (Å²) < 4.78 is 0. The first-order chi connectivity index (χ1) is 9.87. The summed E-state index contributed by atoms with van der Waals surface area (Å²) in [5, 5.41) is 17.5. The Bertz CT molecular complexity index is 438. The van der Waals surface area contributed by atoms with E-state index in [9.17, 15) is 9.59 Å². The van der Waals surface area contributed by atoms with Crippen LogP contribution in [-0.2, 0) is 9.59 Å². The molecule has 4 N–H and O–H groups in total. The molecule has 5 nitrogen and oxygen atoms in total. The normalized spacial score (nSPS) is 20.6. The third-order valence-corrected chi connectivity index (χ3v) is 3.19. The number of aliphatic carboxylic acids is 2. The summed E-state index contributed by atoms with van der Waals surface area (Å²) >= 11 is 0. The van der Waals surface area contributed by atoms with Crippen LogP contribution in [0.3, 0.4) is 0 Å². The van der Waals surface area contributed by atoms with Crippen LogP contribution in [0.1, 0.15) is 46.0 Å². The van der Waals surface area contributed by atoms with Crippen LogP contribution >= 0.6 is 0 Å². The van der Waals surface area contributed by atoms with Crippen molar-refractivity contribution in [3.63, 3.8) is 0 Å². The lowest BCUT2D eigenvalue weighted by molar-refractivity contribution is -0.145. The van der Waals surface area contributed by atoms with E-state index < -0.39 is 17.4 Å². The van der Waals surface area contributed by atoms with E-state index in [2.05, 4.69) is 6.92 Å². The van der Waals surface area contributed by atoms with Gasteiger partial charge in [0.05, 0.1) is 5.41 Å². The quantitative estimate of drug-likeness (QED) is 0.654. The van der Waals surface area contributed by atoms with Gasteiger partial charge in [-0.05, 0) is 32.4 Å². The van der Waals surface area contributed by atoms with Crippen molar-refractivity contribution in [2.24, 2.45) is 11.1 Å². The Morgan fingerprint density at radius 1 is 1.38 bits per heavy atom. The van der Waals surface area contributed by atoms with Gasteiger partial charge < -0.3 is 15.9 Å². The zero-order valence-corrected chi connectivity index (χ0v) is 12.7. The maximum atomic E-state index is 10.8. The van der Waals surface area contributed by atoms with Gasteiger partial charge in [0.25, 0.3) is 0 Å². The number of hydrogen-bond acceptors (Lipinski definition) is 3. The average molecular weight is 295 g/mol. The topological polar surface area (TPSA) is 101 Å². The highest BCUT2D eigenvalue weighted by molar-refractivity contribution is 5.90. The molecule has 0 radical (unpaired) electrons. The van der Waals surface area contributed by atoms with Crippen molar-refractivity contribution in [2.75, 3.05) is 0 Å². The summed E-state index contributed by atoms with van der Waals surface area (Å²) in [6.45, 7) is 3.70. The van der Waals surface area contributed by atoms with Crippen molar-refractivity contribution in [1.82, 2.24) is 0 Å². The minimum atomic E-state index is -1.08. The molecule has 1 aliphatic carbocycles. The van der Waals surface area contributed by atoms with Crippen LogP contribution in [0.15, 0.2) is 36.1 Å². The summed E-state index contributed by atoms with van der Waals surface area (Å²) in [5.41, 5.74) is 4.18. The van der Waals surface area contributed by atoms with Gasteiger partial charge in [0, 0.05) is 5.57 Å². The van der Waals surface area contributed by atoms with E-state index in [-0.39, 0.29) is 12.0 Å². The predicted octanol–water partition coefficient (Wildman–Crippen LogP) is 3.09. The lowest BCUT2D eigenvalue weighted by Crippen LogP contribution is -2.28. The SMILES string of the molecule is CC1(C(=O)O)C=CC=C(C(=O)O)C1.CCCCCC=CN. The smallest absolute Gasteiger partial charge is 0.331 e. The molecular formula is C16H25NO4. The van der Waals surface area contributed by atoms with Gasteiger partial charge in [-0.25, -0.2) is 4.79 Å². The Hall–Kier alpha value is -2.04. The molecule has 118 valence electrons. The molecule has 0 amide bonds. The molecule has 1 unspecified atom stereocenters. The first kappa shape index (κ1) is 19.0. The Labute approximate surface area is 125 Å². The summed E-state index contributed by atoms with van der Waals surface area (Å²) in [4.78, 5) is 21.3. The van der Waals surface area contributed by atoms with Crippen molar-refractivity contribution >= 4 is 11.9 Å². The fraction of sp³-hybridized carbons (Fsp3) is 0.500. The average Bonchev–Trinajstić information content (AvgIpc) is 2.44. The van der Waals surface area contributed by atoms with Gasteiger partial charge >= 0.3 is 11.9 Å². The van der Waals surface area contributed by atoms with Crippen LogP contribution in [0.5, 0.6) is 0 Å². The Morgan fingerprint density at radius 2 is 2.05 bits per heavy atom. The number of carboxylic acid groups (broad SMARTS) is 2. The van der Waals surface area contributed by atoms with E-state index in [4.69, 9.17) is 15.9 Å². The van der Waals surface area contributed by atoms with E-state index in [1.54, 1.807) is 6.20 Å². The maximum absolute atomic E-state index is 10.8. The van der Waals surface area contributed by atoms with Crippen LogP contribution in [0.2, 0.25) is 0 Å². The van der Waals surface area contributed by atoms with Crippen LogP contribution in [0.25, 0.3) is 0 Å². The lowest BCUT2D eigenvalue weighted by atomic mass is 9.80. The number of carboxylic acids is 2. The van der Waals surface area contributed by atoms with Crippen molar-refractivity contribution in [2.45, 2.75) is 46.0 Å². The zero-order valence-electron chi connectivity index (χ0n) is 12.7. The van der Waals surface area contributed by atoms with E-state index >= 15 is 0 Å². The second-order valence-electron chi connectivity index (χ2n) is 5.18. The summed E-state index contributed by atoms with van der Waals surface area (Å²) in [6.07, 6.45) is 13.1. The minimum absolute atomic E-state index is 0.0359. The van der Waals surface area contributed by atoms with Crippen molar-refractivity contribution in [3.05, 3.63) is 36.1 Å². The van der Waals surface area contributed by atoms with Gasteiger partial charge in [-0.3, -0.25) is 4.79 Å². The van der Waals surface area contributed by atoms with Crippen LogP contribution < -0.4 is 5.73 Å².